The van der Waals surface area contributed by atoms with Gasteiger partial charge in [-0.25, -0.2) is 0 Å². The highest BCUT2D eigenvalue weighted by atomic mass is 32.1. The van der Waals surface area contributed by atoms with E-state index in [4.69, 9.17) is 0 Å². The molecule has 2 amide bonds. The van der Waals surface area contributed by atoms with Crippen LogP contribution in [-0.4, -0.2) is 66.3 Å². The van der Waals surface area contributed by atoms with Crippen LogP contribution in [0.25, 0.3) is 0 Å². The number of nitrogens with zero attached hydrogens (tertiary/aromatic N) is 6. The standard InChI is InChI=1S/C22H26N6O2S/c1-26-11-10-18(24-26)21(29)27(2)20(14-16-6-4-3-5-7-16)17-8-12-28(13-9-17)22(30)19-15-23-31-25-19/h3-7,10-11,15,17,20H,8-9,12-14H2,1-2H3/t20-/m1/s1. The Labute approximate surface area is 185 Å². The van der Waals surface area contributed by atoms with E-state index in [1.165, 1.54) is 11.8 Å². The van der Waals surface area contributed by atoms with Crippen molar-refractivity contribution < 1.29 is 9.59 Å². The largest absolute Gasteiger partial charge is 0.337 e. The second-order valence-corrected chi connectivity index (χ2v) is 8.53. The molecule has 0 saturated carbocycles. The number of amides is 2. The zero-order chi connectivity index (χ0) is 21.8. The molecular weight excluding hydrogens is 412 g/mol. The molecule has 0 bridgehead atoms. The van der Waals surface area contributed by atoms with Crippen LogP contribution >= 0.6 is 11.7 Å². The summed E-state index contributed by atoms with van der Waals surface area (Å²) in [5.74, 6) is 0.147. The number of aryl methyl sites for hydroxylation is 1. The highest BCUT2D eigenvalue weighted by Crippen LogP contribution is 2.28. The Kier molecular flexibility index (Phi) is 6.41. The van der Waals surface area contributed by atoms with Crippen molar-refractivity contribution in [2.24, 2.45) is 13.0 Å². The van der Waals surface area contributed by atoms with Crippen LogP contribution < -0.4 is 0 Å². The Balaban J connectivity index is 1.49. The van der Waals surface area contributed by atoms with Gasteiger partial charge in [-0.2, -0.15) is 13.8 Å². The maximum atomic E-state index is 13.1. The van der Waals surface area contributed by atoms with Gasteiger partial charge in [0.25, 0.3) is 11.8 Å². The van der Waals surface area contributed by atoms with Gasteiger partial charge in [0.2, 0.25) is 0 Å². The van der Waals surface area contributed by atoms with Gasteiger partial charge in [0.15, 0.2) is 5.69 Å². The number of likely N-dealkylation sites (N-methyl/N-ethyl adjacent to an activating group) is 1. The number of aromatic nitrogens is 4. The molecule has 3 heterocycles. The summed E-state index contributed by atoms with van der Waals surface area (Å²) >= 11 is 1.05. The average Bonchev–Trinajstić information content (AvgIpc) is 3.49. The first-order valence-electron chi connectivity index (χ1n) is 10.4. The van der Waals surface area contributed by atoms with Gasteiger partial charge in [-0.3, -0.25) is 14.3 Å². The molecule has 2 aromatic heterocycles. The summed E-state index contributed by atoms with van der Waals surface area (Å²) in [7, 11) is 3.67. The zero-order valence-electron chi connectivity index (χ0n) is 17.7. The van der Waals surface area contributed by atoms with Gasteiger partial charge in [-0.1, -0.05) is 30.3 Å². The van der Waals surface area contributed by atoms with E-state index < -0.39 is 0 Å². The minimum absolute atomic E-state index is 0.0232. The maximum Gasteiger partial charge on any atom is 0.275 e. The van der Waals surface area contributed by atoms with E-state index >= 15 is 0 Å². The average molecular weight is 439 g/mol. The summed E-state index contributed by atoms with van der Waals surface area (Å²) in [4.78, 5) is 29.4. The number of hydrogen-bond acceptors (Lipinski definition) is 6. The fourth-order valence-electron chi connectivity index (χ4n) is 4.24. The van der Waals surface area contributed by atoms with Crippen LogP contribution in [0.2, 0.25) is 0 Å². The molecular formula is C22H26N6O2S. The summed E-state index contributed by atoms with van der Waals surface area (Å²) in [6.45, 7) is 1.30. The van der Waals surface area contributed by atoms with E-state index in [9.17, 15) is 9.59 Å². The van der Waals surface area contributed by atoms with Crippen LogP contribution in [0.3, 0.4) is 0 Å². The predicted octanol–water partition coefficient (Wildman–Crippen LogP) is 2.51. The molecule has 0 unspecified atom stereocenters. The zero-order valence-corrected chi connectivity index (χ0v) is 18.5. The van der Waals surface area contributed by atoms with Crippen LogP contribution in [0.15, 0.2) is 48.8 Å². The molecule has 8 nitrogen and oxygen atoms in total. The molecule has 9 heteroatoms. The van der Waals surface area contributed by atoms with E-state index in [1.54, 1.807) is 16.9 Å². The van der Waals surface area contributed by atoms with Gasteiger partial charge < -0.3 is 9.80 Å². The molecule has 0 aliphatic carbocycles. The molecule has 0 spiro atoms. The molecule has 1 aliphatic heterocycles. The van der Waals surface area contributed by atoms with E-state index in [-0.39, 0.29) is 23.8 Å². The first-order chi connectivity index (χ1) is 15.0. The topological polar surface area (TPSA) is 84.2 Å². The minimum atomic E-state index is -0.0754. The molecule has 1 saturated heterocycles. The first-order valence-corrected chi connectivity index (χ1v) is 11.1. The minimum Gasteiger partial charge on any atom is -0.337 e. The fraction of sp³-hybridized carbons (Fsp3) is 0.409. The molecule has 1 aromatic carbocycles. The van der Waals surface area contributed by atoms with Gasteiger partial charge in [0, 0.05) is 39.4 Å². The van der Waals surface area contributed by atoms with Crippen LogP contribution in [0.4, 0.5) is 0 Å². The van der Waals surface area contributed by atoms with Gasteiger partial charge in [-0.05, 0) is 36.8 Å². The van der Waals surface area contributed by atoms with Crippen molar-refractivity contribution in [2.45, 2.75) is 25.3 Å². The highest BCUT2D eigenvalue weighted by molar-refractivity contribution is 6.99. The van der Waals surface area contributed by atoms with Crippen LogP contribution in [0, 0.1) is 5.92 Å². The second kappa shape index (κ2) is 9.38. The van der Waals surface area contributed by atoms with E-state index in [0.29, 0.717) is 24.5 Å². The van der Waals surface area contributed by atoms with Crippen LogP contribution in [-0.2, 0) is 13.5 Å². The lowest BCUT2D eigenvalue weighted by molar-refractivity contribution is 0.0516. The second-order valence-electron chi connectivity index (χ2n) is 7.97. The first kappa shape index (κ1) is 21.2. The van der Waals surface area contributed by atoms with Crippen molar-refractivity contribution in [3.63, 3.8) is 0 Å². The molecule has 0 radical (unpaired) electrons. The third-order valence-electron chi connectivity index (χ3n) is 5.99. The number of hydrogen-bond donors (Lipinski definition) is 0. The van der Waals surface area contributed by atoms with Gasteiger partial charge in [0.05, 0.1) is 17.9 Å². The molecule has 1 aliphatic rings. The Morgan fingerprint density at radius 2 is 1.90 bits per heavy atom. The van der Waals surface area contributed by atoms with Crippen molar-refractivity contribution in [1.29, 1.82) is 0 Å². The Morgan fingerprint density at radius 3 is 2.52 bits per heavy atom. The lowest BCUT2D eigenvalue weighted by Crippen LogP contribution is -2.48. The maximum absolute atomic E-state index is 13.1. The summed E-state index contributed by atoms with van der Waals surface area (Å²) in [5, 5.41) is 4.29. The Hall–Kier alpha value is -3.07. The van der Waals surface area contributed by atoms with Crippen LogP contribution in [0.1, 0.15) is 39.4 Å². The molecule has 1 fully saturated rings. The molecule has 31 heavy (non-hydrogen) atoms. The summed E-state index contributed by atoms with van der Waals surface area (Å²) in [5.41, 5.74) is 2.05. The molecule has 162 valence electrons. The highest BCUT2D eigenvalue weighted by Gasteiger charge is 2.34. The summed E-state index contributed by atoms with van der Waals surface area (Å²) in [6.07, 6.45) is 5.74. The fourth-order valence-corrected chi connectivity index (χ4v) is 4.65. The SMILES string of the molecule is CN(C(=O)c1ccn(C)n1)[C@H](Cc1ccccc1)C1CCN(C(=O)c2cnsn2)CC1. The van der Waals surface area contributed by atoms with Crippen molar-refractivity contribution in [3.8, 4) is 0 Å². The number of carbonyl (C=O) groups is 2. The number of benzene rings is 1. The summed E-state index contributed by atoms with van der Waals surface area (Å²) in [6, 6.07) is 12.0. The van der Waals surface area contributed by atoms with Gasteiger partial charge in [0.1, 0.15) is 5.69 Å². The molecule has 0 N–H and O–H groups in total. The molecule has 3 aromatic rings. The van der Waals surface area contributed by atoms with Crippen LogP contribution in [0.5, 0.6) is 0 Å². The van der Waals surface area contributed by atoms with Crippen molar-refractivity contribution in [3.05, 3.63) is 65.7 Å². The summed E-state index contributed by atoms with van der Waals surface area (Å²) < 4.78 is 9.64. The third-order valence-corrected chi connectivity index (χ3v) is 6.47. The number of likely N-dealkylation sites (tertiary alicyclic amines) is 1. The van der Waals surface area contributed by atoms with E-state index in [2.05, 4.69) is 26.0 Å². The van der Waals surface area contributed by atoms with Crippen molar-refractivity contribution in [2.75, 3.05) is 20.1 Å². The van der Waals surface area contributed by atoms with Gasteiger partial charge in [-0.15, -0.1) is 0 Å². The number of carbonyl (C=O) groups excluding carboxylic acids is 2. The van der Waals surface area contributed by atoms with Crippen molar-refractivity contribution in [1.82, 2.24) is 28.3 Å². The van der Waals surface area contributed by atoms with Gasteiger partial charge >= 0.3 is 0 Å². The molecule has 1 atom stereocenters. The number of piperidine rings is 1. The molecule has 4 rings (SSSR count). The van der Waals surface area contributed by atoms with E-state index in [1.807, 2.05) is 42.1 Å². The van der Waals surface area contributed by atoms with E-state index in [0.717, 1.165) is 31.0 Å². The Morgan fingerprint density at radius 1 is 1.16 bits per heavy atom. The third kappa shape index (κ3) is 4.82. The lowest BCUT2D eigenvalue weighted by Gasteiger charge is -2.39. The predicted molar refractivity (Wildman–Crippen MR) is 118 cm³/mol. The van der Waals surface area contributed by atoms with Crippen molar-refractivity contribution >= 4 is 23.5 Å². The quantitative estimate of drug-likeness (QED) is 0.590. The normalized spacial score (nSPS) is 15.6. The Bertz CT molecular complexity index is 1010. The lowest BCUT2D eigenvalue weighted by atomic mass is 9.84. The monoisotopic (exact) mass is 438 g/mol. The number of rotatable bonds is 6. The smallest absolute Gasteiger partial charge is 0.275 e.